The van der Waals surface area contributed by atoms with Crippen LogP contribution in [0, 0.1) is 0 Å². The van der Waals surface area contributed by atoms with Gasteiger partial charge in [0.05, 0.1) is 12.8 Å². The lowest BCUT2D eigenvalue weighted by molar-refractivity contribution is 0.102. The molecule has 1 heterocycles. The summed E-state index contributed by atoms with van der Waals surface area (Å²) >= 11 is 0. The molecule has 2 aromatic rings. The molecule has 112 valence electrons. The average Bonchev–Trinajstić information content (AvgIpc) is 2.93. The van der Waals surface area contributed by atoms with Gasteiger partial charge in [0.1, 0.15) is 10.6 Å². The molecule has 1 amide bonds. The van der Waals surface area contributed by atoms with Gasteiger partial charge in [-0.3, -0.25) is 4.79 Å². The van der Waals surface area contributed by atoms with Crippen LogP contribution in [0.2, 0.25) is 0 Å². The highest BCUT2D eigenvalue weighted by molar-refractivity contribution is 8.13. The van der Waals surface area contributed by atoms with Crippen LogP contribution in [0.1, 0.15) is 17.4 Å². The molecule has 2 rings (SSSR count). The van der Waals surface area contributed by atoms with Crippen molar-refractivity contribution in [1.29, 1.82) is 0 Å². The molecule has 0 saturated carbocycles. The molecule has 8 nitrogen and oxygen atoms in total. The number of hydrogen-bond acceptors (Lipinski definition) is 6. The summed E-state index contributed by atoms with van der Waals surface area (Å²) in [6.45, 7) is 1.99. The third kappa shape index (κ3) is 3.70. The fourth-order valence-electron chi connectivity index (χ4n) is 1.56. The molecule has 1 aromatic carbocycles. The van der Waals surface area contributed by atoms with E-state index in [1.54, 1.807) is 6.92 Å². The van der Waals surface area contributed by atoms with Gasteiger partial charge in [-0.25, -0.2) is 8.42 Å². The second-order valence-electron chi connectivity index (χ2n) is 3.84. The average molecular weight is 331 g/mol. The zero-order chi connectivity index (χ0) is 15.5. The molecule has 0 fully saturated rings. The number of nitrogens with one attached hydrogen (secondary N) is 2. The van der Waals surface area contributed by atoms with Crippen molar-refractivity contribution >= 4 is 31.3 Å². The van der Waals surface area contributed by atoms with Crippen LogP contribution in [0.25, 0.3) is 0 Å². The van der Waals surface area contributed by atoms with Crippen LogP contribution in [0.5, 0.6) is 5.75 Å². The SMILES string of the molecule is CCOc1ccc(NC(=O)c2cn[nH]n2)cc1S(=O)(=O)Cl. The Balaban J connectivity index is 2.32. The highest BCUT2D eigenvalue weighted by atomic mass is 35.7. The van der Waals surface area contributed by atoms with Gasteiger partial charge in [-0.2, -0.15) is 15.4 Å². The number of nitrogens with zero attached hydrogens (tertiary/aromatic N) is 2. The molecule has 0 bridgehead atoms. The normalized spacial score (nSPS) is 11.1. The molecule has 0 saturated heterocycles. The van der Waals surface area contributed by atoms with Gasteiger partial charge in [0.25, 0.3) is 15.0 Å². The number of carbonyl (C=O) groups excluding carboxylic acids is 1. The van der Waals surface area contributed by atoms with Crippen LogP contribution < -0.4 is 10.1 Å². The third-order valence-corrected chi connectivity index (χ3v) is 3.75. The summed E-state index contributed by atoms with van der Waals surface area (Å²) in [5, 5.41) is 11.9. The number of ether oxygens (including phenoxy) is 1. The lowest BCUT2D eigenvalue weighted by atomic mass is 10.3. The fraction of sp³-hybridized carbons (Fsp3) is 0.182. The first kappa shape index (κ1) is 15.3. The van der Waals surface area contributed by atoms with E-state index in [4.69, 9.17) is 15.4 Å². The van der Waals surface area contributed by atoms with Crippen molar-refractivity contribution in [3.05, 3.63) is 30.1 Å². The smallest absolute Gasteiger partial charge is 0.277 e. The van der Waals surface area contributed by atoms with Gasteiger partial charge in [-0.15, -0.1) is 0 Å². The molecule has 0 unspecified atom stereocenters. The lowest BCUT2D eigenvalue weighted by Gasteiger charge is -2.10. The van der Waals surface area contributed by atoms with E-state index in [0.717, 1.165) is 0 Å². The molecule has 10 heteroatoms. The number of aromatic amines is 1. The molecule has 21 heavy (non-hydrogen) atoms. The maximum Gasteiger partial charge on any atom is 0.277 e. The van der Waals surface area contributed by atoms with E-state index in [9.17, 15) is 13.2 Å². The standard InChI is InChI=1S/C11H11ClN4O4S/c1-2-20-9-4-3-7(5-10(9)21(12,18)19)14-11(17)8-6-13-16-15-8/h3-6H,2H2,1H3,(H,14,17)(H,13,15,16). The minimum absolute atomic E-state index is 0.0687. The number of carbonyl (C=O) groups is 1. The maximum absolute atomic E-state index is 11.8. The highest BCUT2D eigenvalue weighted by Crippen LogP contribution is 2.30. The maximum atomic E-state index is 11.8. The Morgan fingerprint density at radius 3 is 2.81 bits per heavy atom. The number of benzene rings is 1. The van der Waals surface area contributed by atoms with Crippen LogP contribution in [0.15, 0.2) is 29.3 Å². The monoisotopic (exact) mass is 330 g/mol. The van der Waals surface area contributed by atoms with Crippen molar-refractivity contribution in [2.24, 2.45) is 0 Å². The number of halogens is 1. The van der Waals surface area contributed by atoms with Crippen molar-refractivity contribution in [2.45, 2.75) is 11.8 Å². The second-order valence-corrected chi connectivity index (χ2v) is 6.38. The van der Waals surface area contributed by atoms with Crippen LogP contribution in [0.3, 0.4) is 0 Å². The highest BCUT2D eigenvalue weighted by Gasteiger charge is 2.19. The summed E-state index contributed by atoms with van der Waals surface area (Å²) in [5.74, 6) is -0.419. The van der Waals surface area contributed by atoms with E-state index in [0.29, 0.717) is 0 Å². The number of hydrogen-bond donors (Lipinski definition) is 2. The van der Waals surface area contributed by atoms with E-state index in [1.165, 1.54) is 24.4 Å². The predicted molar refractivity (Wildman–Crippen MR) is 75.0 cm³/mol. The topological polar surface area (TPSA) is 114 Å². The third-order valence-electron chi connectivity index (χ3n) is 2.41. The number of rotatable bonds is 5. The Labute approximate surface area is 124 Å². The summed E-state index contributed by atoms with van der Waals surface area (Å²) in [6, 6.07) is 4.12. The molecule has 0 aliphatic carbocycles. The van der Waals surface area contributed by atoms with Crippen molar-refractivity contribution in [1.82, 2.24) is 15.4 Å². The molecule has 2 N–H and O–H groups in total. The molecule has 0 aliphatic heterocycles. The van der Waals surface area contributed by atoms with Gasteiger partial charge in [0, 0.05) is 16.4 Å². The molecule has 0 atom stereocenters. The van der Waals surface area contributed by atoms with Gasteiger partial charge < -0.3 is 10.1 Å². The number of H-pyrrole nitrogens is 1. The Morgan fingerprint density at radius 1 is 1.48 bits per heavy atom. The summed E-state index contributed by atoms with van der Waals surface area (Å²) < 4.78 is 28.3. The van der Waals surface area contributed by atoms with Gasteiger partial charge in [-0.1, -0.05) is 0 Å². The number of aromatic nitrogens is 3. The minimum atomic E-state index is -4.01. The van der Waals surface area contributed by atoms with Gasteiger partial charge in [0.2, 0.25) is 0 Å². The lowest BCUT2D eigenvalue weighted by Crippen LogP contribution is -2.13. The van der Waals surface area contributed by atoms with Crippen LogP contribution in [0.4, 0.5) is 5.69 Å². The van der Waals surface area contributed by atoms with Crippen LogP contribution in [-0.2, 0) is 9.05 Å². The minimum Gasteiger partial charge on any atom is -0.492 e. The van der Waals surface area contributed by atoms with Crippen molar-refractivity contribution < 1.29 is 17.9 Å². The van der Waals surface area contributed by atoms with Gasteiger partial charge in [0.15, 0.2) is 5.69 Å². The first-order chi connectivity index (χ1) is 9.91. The Kier molecular flexibility index (Phi) is 4.43. The molecule has 1 aromatic heterocycles. The van der Waals surface area contributed by atoms with E-state index in [1.807, 2.05) is 0 Å². The predicted octanol–water partition coefficient (Wildman–Crippen LogP) is 1.38. The summed E-state index contributed by atoms with van der Waals surface area (Å²) in [6.07, 6.45) is 1.24. The Hall–Kier alpha value is -2.13. The quantitative estimate of drug-likeness (QED) is 0.800. The zero-order valence-corrected chi connectivity index (χ0v) is 12.4. The fourth-order valence-corrected chi connectivity index (χ4v) is 2.55. The number of amides is 1. The van der Waals surface area contributed by atoms with Crippen LogP contribution in [-0.4, -0.2) is 36.3 Å². The molecule has 0 aliphatic rings. The van der Waals surface area contributed by atoms with E-state index >= 15 is 0 Å². The Bertz CT molecular complexity index is 746. The van der Waals surface area contributed by atoms with Crippen molar-refractivity contribution in [3.8, 4) is 5.75 Å². The summed E-state index contributed by atoms with van der Waals surface area (Å²) in [4.78, 5) is 11.6. The van der Waals surface area contributed by atoms with Gasteiger partial charge >= 0.3 is 0 Å². The summed E-state index contributed by atoms with van der Waals surface area (Å²) in [7, 11) is 1.35. The molecule has 0 spiro atoms. The van der Waals surface area contributed by atoms with Gasteiger partial charge in [-0.05, 0) is 25.1 Å². The largest absolute Gasteiger partial charge is 0.492 e. The van der Waals surface area contributed by atoms with E-state index < -0.39 is 15.0 Å². The first-order valence-corrected chi connectivity index (χ1v) is 8.11. The molecular weight excluding hydrogens is 320 g/mol. The van der Waals surface area contributed by atoms with Crippen LogP contribution >= 0.6 is 10.7 Å². The Morgan fingerprint density at radius 2 is 2.24 bits per heavy atom. The van der Waals surface area contributed by atoms with Crippen molar-refractivity contribution in [2.75, 3.05) is 11.9 Å². The first-order valence-electron chi connectivity index (χ1n) is 5.80. The number of anilines is 1. The van der Waals surface area contributed by atoms with E-state index in [-0.39, 0.29) is 28.6 Å². The summed E-state index contributed by atoms with van der Waals surface area (Å²) in [5.41, 5.74) is 0.310. The molecular formula is C11H11ClN4O4S. The molecule has 0 radical (unpaired) electrons. The van der Waals surface area contributed by atoms with E-state index in [2.05, 4.69) is 20.7 Å². The second kappa shape index (κ2) is 6.10. The van der Waals surface area contributed by atoms with Crippen molar-refractivity contribution in [3.63, 3.8) is 0 Å². The zero-order valence-electron chi connectivity index (χ0n) is 10.8.